The Morgan fingerprint density at radius 1 is 1.47 bits per heavy atom. The average molecular weight is 289 g/mol. The van der Waals surface area contributed by atoms with Crippen molar-refractivity contribution in [2.45, 2.75) is 19.0 Å². The third kappa shape index (κ3) is 3.15. The number of thiocarbonyl (C=S) groups is 1. The summed E-state index contributed by atoms with van der Waals surface area (Å²) in [6.45, 7) is 0.499. The summed E-state index contributed by atoms with van der Waals surface area (Å²) in [6.07, 6.45) is -0.445. The van der Waals surface area contributed by atoms with Crippen LogP contribution in [-0.2, 0) is 0 Å². The first-order valence-electron chi connectivity index (χ1n) is 5.95. The van der Waals surface area contributed by atoms with Crippen LogP contribution in [-0.4, -0.2) is 29.2 Å². The van der Waals surface area contributed by atoms with Crippen LogP contribution in [0.5, 0.6) is 0 Å². The molecule has 1 fully saturated rings. The highest BCUT2D eigenvalue weighted by molar-refractivity contribution is 7.80. The van der Waals surface area contributed by atoms with Crippen molar-refractivity contribution in [3.05, 3.63) is 24.0 Å². The number of anilines is 1. The molecular weight excluding hydrogens is 275 g/mol. The van der Waals surface area contributed by atoms with Gasteiger partial charge in [-0.05, 0) is 18.9 Å². The fourth-order valence-corrected chi connectivity index (χ4v) is 2.48. The van der Waals surface area contributed by atoms with Gasteiger partial charge in [-0.1, -0.05) is 12.2 Å². The third-order valence-electron chi connectivity index (χ3n) is 3.29. The van der Waals surface area contributed by atoms with Crippen LogP contribution >= 0.6 is 12.2 Å². The van der Waals surface area contributed by atoms with E-state index in [0.29, 0.717) is 24.2 Å². The Morgan fingerprint density at radius 3 is 2.84 bits per heavy atom. The SMILES string of the molecule is NC(=S)c1ccncc1N1CCCC(C(F)(F)F)C1. The van der Waals surface area contributed by atoms with Crippen LogP contribution in [0.3, 0.4) is 0 Å². The molecule has 1 unspecified atom stereocenters. The van der Waals surface area contributed by atoms with Gasteiger partial charge in [0.05, 0.1) is 17.8 Å². The predicted octanol–water partition coefficient (Wildman–Crippen LogP) is 2.49. The van der Waals surface area contributed by atoms with Crippen molar-refractivity contribution in [1.29, 1.82) is 0 Å². The number of rotatable bonds is 2. The molecule has 1 atom stereocenters. The monoisotopic (exact) mass is 289 g/mol. The maximum atomic E-state index is 12.8. The summed E-state index contributed by atoms with van der Waals surface area (Å²) in [4.78, 5) is 5.79. The first-order valence-corrected chi connectivity index (χ1v) is 6.36. The number of nitrogens with zero attached hydrogens (tertiary/aromatic N) is 2. The Labute approximate surface area is 114 Å². The summed E-state index contributed by atoms with van der Waals surface area (Å²) in [6, 6.07) is 1.63. The molecule has 1 saturated heterocycles. The highest BCUT2D eigenvalue weighted by Crippen LogP contribution is 2.35. The van der Waals surface area contributed by atoms with Gasteiger partial charge < -0.3 is 10.6 Å². The molecule has 2 rings (SSSR count). The van der Waals surface area contributed by atoms with Crippen LogP contribution in [0.4, 0.5) is 18.9 Å². The van der Waals surface area contributed by atoms with Crippen LogP contribution in [0.1, 0.15) is 18.4 Å². The van der Waals surface area contributed by atoms with Crippen molar-refractivity contribution in [3.63, 3.8) is 0 Å². The van der Waals surface area contributed by atoms with Crippen LogP contribution in [0, 0.1) is 5.92 Å². The van der Waals surface area contributed by atoms with Gasteiger partial charge in [0.15, 0.2) is 0 Å². The molecule has 2 heterocycles. The molecule has 7 heteroatoms. The number of hydrogen-bond acceptors (Lipinski definition) is 3. The van der Waals surface area contributed by atoms with E-state index in [2.05, 4.69) is 4.98 Å². The first kappa shape index (κ1) is 14.0. The first-order chi connectivity index (χ1) is 8.89. The molecule has 1 aliphatic rings. The highest BCUT2D eigenvalue weighted by Gasteiger charge is 2.42. The van der Waals surface area contributed by atoms with E-state index >= 15 is 0 Å². The molecule has 0 amide bonds. The standard InChI is InChI=1S/C12H14F3N3S/c13-12(14,15)8-2-1-5-18(7-8)10-6-17-4-3-9(10)11(16)19/h3-4,6,8H,1-2,5,7H2,(H2,16,19). The minimum absolute atomic E-state index is 0.0647. The highest BCUT2D eigenvalue weighted by atomic mass is 32.1. The molecule has 1 aromatic heterocycles. The molecule has 0 aliphatic carbocycles. The van der Waals surface area contributed by atoms with Gasteiger partial charge >= 0.3 is 6.18 Å². The summed E-state index contributed by atoms with van der Waals surface area (Å²) in [5, 5.41) is 0. The van der Waals surface area contributed by atoms with Gasteiger partial charge in [-0.25, -0.2) is 0 Å². The second kappa shape index (κ2) is 5.32. The smallest absolute Gasteiger partial charge is 0.389 e. The Bertz CT molecular complexity index is 476. The van der Waals surface area contributed by atoms with Crippen molar-refractivity contribution in [2.75, 3.05) is 18.0 Å². The molecule has 0 saturated carbocycles. The zero-order valence-electron chi connectivity index (χ0n) is 10.2. The number of pyridine rings is 1. The lowest BCUT2D eigenvalue weighted by Gasteiger charge is -2.35. The second-order valence-corrected chi connectivity index (χ2v) is 5.02. The summed E-state index contributed by atoms with van der Waals surface area (Å²) in [5.74, 6) is -1.30. The van der Waals surface area contributed by atoms with Gasteiger partial charge in [0.25, 0.3) is 0 Å². The average Bonchev–Trinajstić information content (AvgIpc) is 2.38. The Morgan fingerprint density at radius 2 is 2.21 bits per heavy atom. The second-order valence-electron chi connectivity index (χ2n) is 4.58. The number of nitrogens with two attached hydrogens (primary N) is 1. The van der Waals surface area contributed by atoms with E-state index < -0.39 is 12.1 Å². The Hall–Kier alpha value is -1.37. The lowest BCUT2D eigenvalue weighted by molar-refractivity contribution is -0.175. The zero-order chi connectivity index (χ0) is 14.0. The summed E-state index contributed by atoms with van der Waals surface area (Å²) in [7, 11) is 0. The minimum Gasteiger partial charge on any atom is -0.389 e. The molecule has 1 aliphatic heterocycles. The van der Waals surface area contributed by atoms with Gasteiger partial charge in [0.2, 0.25) is 0 Å². The van der Waals surface area contributed by atoms with Crippen LogP contribution in [0.2, 0.25) is 0 Å². The van der Waals surface area contributed by atoms with Crippen LogP contribution < -0.4 is 10.6 Å². The van der Waals surface area contributed by atoms with E-state index in [9.17, 15) is 13.2 Å². The van der Waals surface area contributed by atoms with E-state index in [-0.39, 0.29) is 18.0 Å². The molecule has 3 nitrogen and oxygen atoms in total. The lowest BCUT2D eigenvalue weighted by Crippen LogP contribution is -2.42. The topological polar surface area (TPSA) is 42.1 Å². The Kier molecular flexibility index (Phi) is 3.93. The number of piperidine rings is 1. The molecule has 0 aromatic carbocycles. The van der Waals surface area contributed by atoms with Gasteiger partial charge in [-0.15, -0.1) is 0 Å². The molecule has 19 heavy (non-hydrogen) atoms. The van der Waals surface area contributed by atoms with Crippen molar-refractivity contribution in [2.24, 2.45) is 11.7 Å². The van der Waals surface area contributed by atoms with E-state index in [1.54, 1.807) is 11.0 Å². The number of alkyl halides is 3. The summed E-state index contributed by atoms with van der Waals surface area (Å²) < 4.78 is 38.4. The molecule has 0 bridgehead atoms. The molecule has 1 aromatic rings. The Balaban J connectivity index is 2.25. The van der Waals surface area contributed by atoms with Gasteiger partial charge in [0.1, 0.15) is 4.99 Å². The quantitative estimate of drug-likeness (QED) is 0.849. The van der Waals surface area contributed by atoms with E-state index in [4.69, 9.17) is 18.0 Å². The third-order valence-corrected chi connectivity index (χ3v) is 3.51. The number of hydrogen-bond donors (Lipinski definition) is 1. The molecular formula is C12H14F3N3S. The fourth-order valence-electron chi connectivity index (χ4n) is 2.31. The van der Waals surface area contributed by atoms with Crippen molar-refractivity contribution in [1.82, 2.24) is 4.98 Å². The van der Waals surface area contributed by atoms with Gasteiger partial charge in [-0.2, -0.15) is 13.2 Å². The normalized spacial score (nSPS) is 20.4. The number of aromatic nitrogens is 1. The fraction of sp³-hybridized carbons (Fsp3) is 0.500. The lowest BCUT2D eigenvalue weighted by atomic mass is 9.96. The number of halogens is 3. The molecule has 2 N–H and O–H groups in total. The van der Waals surface area contributed by atoms with Crippen molar-refractivity contribution in [3.8, 4) is 0 Å². The maximum Gasteiger partial charge on any atom is 0.393 e. The van der Waals surface area contributed by atoms with E-state index in [0.717, 1.165) is 0 Å². The molecule has 104 valence electrons. The summed E-state index contributed by atoms with van der Waals surface area (Å²) >= 11 is 4.92. The summed E-state index contributed by atoms with van der Waals surface area (Å²) in [5.41, 5.74) is 6.76. The van der Waals surface area contributed by atoms with Gasteiger partial charge in [0, 0.05) is 24.8 Å². The molecule has 0 radical (unpaired) electrons. The molecule has 0 spiro atoms. The van der Waals surface area contributed by atoms with E-state index in [1.807, 2.05) is 0 Å². The van der Waals surface area contributed by atoms with Gasteiger partial charge in [-0.3, -0.25) is 4.98 Å². The zero-order valence-corrected chi connectivity index (χ0v) is 11.0. The minimum atomic E-state index is -4.16. The van der Waals surface area contributed by atoms with Crippen LogP contribution in [0.25, 0.3) is 0 Å². The predicted molar refractivity (Wildman–Crippen MR) is 71.1 cm³/mol. The van der Waals surface area contributed by atoms with E-state index in [1.165, 1.54) is 12.4 Å². The van der Waals surface area contributed by atoms with Crippen molar-refractivity contribution < 1.29 is 13.2 Å². The van der Waals surface area contributed by atoms with Crippen molar-refractivity contribution >= 4 is 22.9 Å². The van der Waals surface area contributed by atoms with Crippen LogP contribution in [0.15, 0.2) is 18.5 Å². The largest absolute Gasteiger partial charge is 0.393 e. The maximum absolute atomic E-state index is 12.8.